The summed E-state index contributed by atoms with van der Waals surface area (Å²) in [5.41, 5.74) is 5.87. The number of benzene rings is 1. The average Bonchev–Trinajstić information content (AvgIpc) is 3.88. The van der Waals surface area contributed by atoms with Crippen LogP contribution in [0.2, 0.25) is 6.04 Å². The van der Waals surface area contributed by atoms with Gasteiger partial charge in [0.15, 0.2) is 0 Å². The van der Waals surface area contributed by atoms with Crippen molar-refractivity contribution in [3.05, 3.63) is 58.2 Å². The third-order valence-electron chi connectivity index (χ3n) is 13.9. The highest BCUT2D eigenvalue weighted by Crippen LogP contribution is 2.43. The molecule has 344 valence electrons. The van der Waals surface area contributed by atoms with E-state index in [4.69, 9.17) is 19.4 Å². The first-order chi connectivity index (χ1) is 30.6. The van der Waals surface area contributed by atoms with Gasteiger partial charge in [0, 0.05) is 84.8 Å². The van der Waals surface area contributed by atoms with Crippen LogP contribution in [-0.4, -0.2) is 126 Å². The Morgan fingerprint density at radius 3 is 2.61 bits per heavy atom. The Hall–Kier alpha value is -4.68. The fourth-order valence-electron chi connectivity index (χ4n) is 10.3. The molecule has 3 N–H and O–H groups in total. The number of hydrogen-bond donors (Lipinski definition) is 3. The number of fused-ring (bicyclic) bond motifs is 6. The van der Waals surface area contributed by atoms with Crippen LogP contribution in [0.5, 0.6) is 0 Å². The number of rotatable bonds is 8. The fourth-order valence-corrected chi connectivity index (χ4v) is 13.1. The normalized spacial score (nSPS) is 22.1. The predicted molar refractivity (Wildman–Crippen MR) is 251 cm³/mol. The molecule has 4 aliphatic rings. The molecule has 4 atom stereocenters. The fraction of sp³-hybridized carbons (Fsp3) is 0.574. The number of piperidine rings is 1. The molecule has 0 aliphatic carbocycles. The van der Waals surface area contributed by atoms with Crippen LogP contribution >= 0.6 is 11.3 Å². The van der Waals surface area contributed by atoms with Gasteiger partial charge in [0.05, 0.1) is 34.8 Å². The van der Waals surface area contributed by atoms with Crippen molar-refractivity contribution in [2.24, 2.45) is 11.3 Å². The van der Waals surface area contributed by atoms with Gasteiger partial charge >= 0.3 is 6.03 Å². The van der Waals surface area contributed by atoms with Gasteiger partial charge in [-0.15, -0.1) is 11.3 Å². The molecule has 15 nitrogen and oxygen atoms in total. The molecule has 8 rings (SSSR count). The van der Waals surface area contributed by atoms with Gasteiger partial charge in [-0.2, -0.15) is 0 Å². The van der Waals surface area contributed by atoms with Gasteiger partial charge in [0.2, 0.25) is 5.91 Å². The number of ether oxygens (including phenoxy) is 2. The lowest BCUT2D eigenvalue weighted by molar-refractivity contribution is -0.139. The maximum absolute atomic E-state index is 14.7. The van der Waals surface area contributed by atoms with Crippen molar-refractivity contribution >= 4 is 54.6 Å². The summed E-state index contributed by atoms with van der Waals surface area (Å²) < 4.78 is 14.3. The Labute approximate surface area is 382 Å². The smallest absolute Gasteiger partial charge is 0.320 e. The number of methoxy groups -OCH3 is 1. The summed E-state index contributed by atoms with van der Waals surface area (Å²) in [6.45, 7) is 15.9. The number of nitrogens with zero attached hydrogens (tertiary/aromatic N) is 6. The van der Waals surface area contributed by atoms with Crippen LogP contribution in [0.25, 0.3) is 33.4 Å². The molecule has 3 aromatic heterocycles. The molecule has 0 unspecified atom stereocenters. The van der Waals surface area contributed by atoms with Crippen molar-refractivity contribution in [2.45, 2.75) is 116 Å². The number of urea groups is 1. The zero-order valence-electron chi connectivity index (χ0n) is 38.7. The van der Waals surface area contributed by atoms with Crippen molar-refractivity contribution in [2.75, 3.05) is 46.9 Å². The molecule has 0 saturated carbocycles. The molecule has 0 radical (unpaired) electrons. The van der Waals surface area contributed by atoms with Crippen molar-refractivity contribution < 1.29 is 28.7 Å². The van der Waals surface area contributed by atoms with Crippen LogP contribution in [0.4, 0.5) is 9.59 Å². The number of nitrogens with one attached hydrogen (secondary N) is 3. The number of likely N-dealkylation sites (tertiary alicyclic amines) is 1. The number of thiazole rings is 1. The molecule has 7 heterocycles. The molecular weight excluding hydrogens is 847 g/mol. The quantitative estimate of drug-likeness (QED) is 0.173. The van der Waals surface area contributed by atoms with Gasteiger partial charge in [0.1, 0.15) is 12.1 Å². The monoisotopic (exact) mass is 911 g/mol. The number of hydrazine groups is 1. The minimum absolute atomic E-state index is 0.133. The molecule has 1 spiro atoms. The van der Waals surface area contributed by atoms with E-state index in [-0.39, 0.29) is 48.1 Å². The van der Waals surface area contributed by atoms with E-state index in [2.05, 4.69) is 65.3 Å². The van der Waals surface area contributed by atoms with Crippen LogP contribution in [-0.2, 0) is 38.4 Å². The minimum atomic E-state index is -2.49. The molecule has 1 aromatic carbocycles. The number of hydrogen-bond acceptors (Lipinski definition) is 11. The van der Waals surface area contributed by atoms with Crippen LogP contribution < -0.4 is 15.7 Å². The second-order valence-electron chi connectivity index (χ2n) is 19.2. The lowest BCUT2D eigenvalue weighted by Crippen LogP contribution is -2.69. The third kappa shape index (κ3) is 8.85. The first-order valence-corrected chi connectivity index (χ1v) is 25.9. The SMILES string of the molecule is CCn1c(-c2cccnc2[C@H](C)OC)c2c3cc(ccc31)-c1csc(n1)C[C@H](NC(=O)[C@H](C(C)C)N(C)C(=O)N1CCC13CCNCC3)C(=O)N1CCC[Si@H](N1)C(=O)OCC(C)(C)C2. The molecule has 64 heavy (non-hydrogen) atoms. The van der Waals surface area contributed by atoms with Gasteiger partial charge in [-0.3, -0.25) is 24.4 Å². The summed E-state index contributed by atoms with van der Waals surface area (Å²) in [4.78, 5) is 70.7. The van der Waals surface area contributed by atoms with E-state index < -0.39 is 32.4 Å². The van der Waals surface area contributed by atoms with E-state index in [0.717, 1.165) is 77.0 Å². The third-order valence-corrected chi connectivity index (χ3v) is 17.1. The van der Waals surface area contributed by atoms with Crippen molar-refractivity contribution in [1.82, 2.24) is 45.1 Å². The Morgan fingerprint density at radius 1 is 1.12 bits per heavy atom. The Bertz CT molecular complexity index is 2390. The van der Waals surface area contributed by atoms with E-state index in [1.807, 2.05) is 37.1 Å². The largest absolute Gasteiger partial charge is 0.469 e. The maximum atomic E-state index is 14.7. The molecule has 17 heteroatoms. The standard InChI is InChI=1S/C47H65N9O6SSi/c1-9-54-37-14-13-31-24-33(37)34(41(54)32-12-10-18-49-39(32)30(4)61-8)26-46(5,6)28-62-45(60)64-23-11-21-56(52-64)43(58)35(25-38-50-36(31)27-63-38)51-42(57)40(29(2)3)53(7)44(59)55-22-17-47(55)15-19-48-20-16-47/h10,12-14,18,24,27,29-30,35,40,48,52,64H,9,11,15-17,19-23,25-26,28H2,1-8H3,(H,51,57)/t30-,35-,40-,64-/m0/s1. The number of carbonyl (C=O) groups is 4. The summed E-state index contributed by atoms with van der Waals surface area (Å²) in [5.74, 6) is -0.984. The van der Waals surface area contributed by atoms with Crippen LogP contribution in [0.15, 0.2) is 41.9 Å². The average molecular weight is 912 g/mol. The number of carbonyl (C=O) groups excluding carboxylic acids is 4. The lowest BCUT2D eigenvalue weighted by atomic mass is 9.77. The topological polar surface area (TPSA) is 163 Å². The zero-order chi connectivity index (χ0) is 45.5. The number of aromatic nitrogens is 3. The van der Waals surface area contributed by atoms with E-state index >= 15 is 0 Å². The van der Waals surface area contributed by atoms with Crippen LogP contribution in [0, 0.1) is 11.3 Å². The van der Waals surface area contributed by atoms with Crippen molar-refractivity contribution in [1.29, 1.82) is 0 Å². The summed E-state index contributed by atoms with van der Waals surface area (Å²) >= 11 is 1.45. The number of aryl methyl sites for hydroxylation is 1. The molecule has 4 amide bonds. The van der Waals surface area contributed by atoms with Crippen LogP contribution in [0.1, 0.15) is 89.6 Å². The second kappa shape index (κ2) is 18.7. The Balaban J connectivity index is 1.16. The van der Waals surface area contributed by atoms with Crippen molar-refractivity contribution in [3.63, 3.8) is 0 Å². The van der Waals surface area contributed by atoms with Gasteiger partial charge in [-0.25, -0.2) is 14.9 Å². The van der Waals surface area contributed by atoms with Crippen molar-refractivity contribution in [3.8, 4) is 22.5 Å². The van der Waals surface area contributed by atoms with Gasteiger partial charge < -0.3 is 34.5 Å². The summed E-state index contributed by atoms with van der Waals surface area (Å²) in [6.07, 6.45) is 5.67. The zero-order valence-corrected chi connectivity index (χ0v) is 40.6. The molecular formula is C47H65N9O6SSi. The number of pyridine rings is 1. The van der Waals surface area contributed by atoms with E-state index in [9.17, 15) is 19.2 Å². The molecule has 6 bridgehead atoms. The summed E-state index contributed by atoms with van der Waals surface area (Å²) in [6, 6.07) is 9.14. The van der Waals surface area contributed by atoms with Gasteiger partial charge in [0.25, 0.3) is 20.5 Å². The second-order valence-corrected chi connectivity index (χ2v) is 22.6. The highest BCUT2D eigenvalue weighted by Gasteiger charge is 2.50. The molecule has 3 fully saturated rings. The molecule has 4 aromatic rings. The first-order valence-electron chi connectivity index (χ1n) is 23.0. The maximum Gasteiger partial charge on any atom is 0.320 e. The van der Waals surface area contributed by atoms with Crippen LogP contribution in [0.3, 0.4) is 0 Å². The molecule has 3 saturated heterocycles. The Kier molecular flexibility index (Phi) is 13.4. The van der Waals surface area contributed by atoms with E-state index in [0.29, 0.717) is 43.5 Å². The number of likely N-dealkylation sites (N-methyl/N-ethyl adjacent to an activating group) is 1. The lowest BCUT2D eigenvalue weighted by Gasteiger charge is -2.56. The number of cyclic esters (lactones) is 1. The molecule has 4 aliphatic heterocycles. The Morgan fingerprint density at radius 2 is 1.91 bits per heavy atom. The van der Waals surface area contributed by atoms with Gasteiger partial charge in [-0.05, 0) is 101 Å². The highest BCUT2D eigenvalue weighted by molar-refractivity contribution is 7.10. The number of amides is 4. The predicted octanol–water partition coefficient (Wildman–Crippen LogP) is 6.25. The van der Waals surface area contributed by atoms with E-state index in [1.54, 1.807) is 25.3 Å². The first kappa shape index (κ1) is 45.9. The van der Waals surface area contributed by atoms with E-state index in [1.165, 1.54) is 16.3 Å². The minimum Gasteiger partial charge on any atom is -0.469 e. The summed E-state index contributed by atoms with van der Waals surface area (Å²) in [7, 11) is 0.909. The highest BCUT2D eigenvalue weighted by atomic mass is 32.1. The van der Waals surface area contributed by atoms with Gasteiger partial charge in [-0.1, -0.05) is 33.8 Å². The summed E-state index contributed by atoms with van der Waals surface area (Å²) in [5, 5.41) is 15.1.